The largest absolute Gasteiger partial charge is 0.334 e. The summed E-state index contributed by atoms with van der Waals surface area (Å²) in [7, 11) is 0. The van der Waals surface area contributed by atoms with Crippen LogP contribution in [0.3, 0.4) is 0 Å². The quantitative estimate of drug-likeness (QED) is 0.731. The third-order valence-electron chi connectivity index (χ3n) is 2.91. The molecule has 0 saturated carbocycles. The molecule has 1 fully saturated rings. The summed E-state index contributed by atoms with van der Waals surface area (Å²) >= 11 is 0. The Hall–Kier alpha value is -1.55. The van der Waals surface area contributed by atoms with Crippen LogP contribution in [0.1, 0.15) is 19.3 Å². The van der Waals surface area contributed by atoms with Gasteiger partial charge in [0, 0.05) is 18.3 Å². The molecule has 4 heteroatoms. The van der Waals surface area contributed by atoms with Crippen molar-refractivity contribution in [3.63, 3.8) is 0 Å². The van der Waals surface area contributed by atoms with Crippen LogP contribution < -0.4 is 16.0 Å². The summed E-state index contributed by atoms with van der Waals surface area (Å²) < 4.78 is 0. The van der Waals surface area contributed by atoms with E-state index < -0.39 is 0 Å². The van der Waals surface area contributed by atoms with Gasteiger partial charge in [-0.25, -0.2) is 4.79 Å². The maximum Gasteiger partial charge on any atom is 0.319 e. The zero-order valence-electron chi connectivity index (χ0n) is 9.91. The van der Waals surface area contributed by atoms with Gasteiger partial charge in [-0.3, -0.25) is 0 Å². The lowest BCUT2D eigenvalue weighted by Crippen LogP contribution is -2.42. The number of nitrogens with one attached hydrogen (secondary N) is 3. The van der Waals surface area contributed by atoms with E-state index in [0.29, 0.717) is 0 Å². The molecule has 0 spiro atoms. The number of benzene rings is 1. The molecular weight excluding hydrogens is 214 g/mol. The highest BCUT2D eigenvalue weighted by Crippen LogP contribution is 2.06. The van der Waals surface area contributed by atoms with Crippen LogP contribution in [0.15, 0.2) is 30.3 Å². The van der Waals surface area contributed by atoms with E-state index in [1.54, 1.807) is 0 Å². The fourth-order valence-corrected chi connectivity index (χ4v) is 2.02. The van der Waals surface area contributed by atoms with Crippen molar-refractivity contribution in [1.29, 1.82) is 0 Å². The molecule has 3 N–H and O–H groups in total. The van der Waals surface area contributed by atoms with Crippen molar-refractivity contribution >= 4 is 11.7 Å². The van der Waals surface area contributed by atoms with Gasteiger partial charge < -0.3 is 16.0 Å². The molecule has 1 aliphatic rings. The van der Waals surface area contributed by atoms with Crippen LogP contribution in [0, 0.1) is 0 Å². The lowest BCUT2D eigenvalue weighted by atomic mass is 10.1. The van der Waals surface area contributed by atoms with Crippen LogP contribution >= 0.6 is 0 Å². The molecular formula is C13H19N3O. The zero-order valence-corrected chi connectivity index (χ0v) is 9.91. The Bertz CT molecular complexity index is 345. The molecule has 4 nitrogen and oxygen atoms in total. The lowest BCUT2D eigenvalue weighted by molar-refractivity contribution is 0.247. The molecule has 17 heavy (non-hydrogen) atoms. The Labute approximate surface area is 102 Å². The molecule has 2 rings (SSSR count). The van der Waals surface area contributed by atoms with Crippen LogP contribution in [-0.4, -0.2) is 25.2 Å². The number of anilines is 1. The van der Waals surface area contributed by atoms with Crippen molar-refractivity contribution in [3.05, 3.63) is 30.3 Å². The summed E-state index contributed by atoms with van der Waals surface area (Å²) in [6.07, 6.45) is 3.41. The molecule has 1 aliphatic heterocycles. The van der Waals surface area contributed by atoms with Crippen molar-refractivity contribution in [3.8, 4) is 0 Å². The lowest BCUT2D eigenvalue weighted by Gasteiger charge is -2.16. The first-order chi connectivity index (χ1) is 8.34. The van der Waals surface area contributed by atoms with Crippen molar-refractivity contribution in [1.82, 2.24) is 10.6 Å². The number of amides is 2. The third kappa shape index (κ3) is 4.07. The number of carbonyl (C=O) groups excluding carboxylic acids is 1. The Kier molecular flexibility index (Phi) is 4.38. The molecule has 0 bridgehead atoms. The van der Waals surface area contributed by atoms with Crippen molar-refractivity contribution in [2.24, 2.45) is 0 Å². The molecule has 1 aromatic carbocycles. The molecule has 92 valence electrons. The summed E-state index contributed by atoms with van der Waals surface area (Å²) in [6.45, 7) is 1.92. The van der Waals surface area contributed by atoms with E-state index in [9.17, 15) is 4.79 Å². The van der Waals surface area contributed by atoms with Gasteiger partial charge in [0.2, 0.25) is 0 Å². The van der Waals surface area contributed by atoms with Crippen molar-refractivity contribution in [2.45, 2.75) is 25.3 Å². The average molecular weight is 233 g/mol. The number of para-hydroxylation sites is 1. The number of hydrogen-bond donors (Lipinski definition) is 3. The Morgan fingerprint density at radius 3 is 2.88 bits per heavy atom. The average Bonchev–Trinajstić information content (AvgIpc) is 2.59. The van der Waals surface area contributed by atoms with Gasteiger partial charge in [0.25, 0.3) is 0 Å². The highest BCUT2D eigenvalue weighted by molar-refractivity contribution is 5.89. The molecule has 1 heterocycles. The maximum absolute atomic E-state index is 11.7. The molecule has 0 radical (unpaired) electrons. The third-order valence-corrected chi connectivity index (χ3v) is 2.91. The summed E-state index contributed by atoms with van der Waals surface area (Å²) in [5.41, 5.74) is 0.826. The first kappa shape index (κ1) is 11.9. The molecule has 1 aromatic rings. The van der Waals surface area contributed by atoms with Gasteiger partial charge in [0.1, 0.15) is 0 Å². The molecule has 0 aliphatic carbocycles. The highest BCUT2D eigenvalue weighted by Gasteiger charge is 2.13. The fraction of sp³-hybridized carbons (Fsp3) is 0.462. The fourth-order valence-electron chi connectivity index (χ4n) is 2.02. The predicted molar refractivity (Wildman–Crippen MR) is 69.1 cm³/mol. The SMILES string of the molecule is O=C(Nc1ccccc1)NC1CCCCNC1. The van der Waals surface area contributed by atoms with E-state index in [0.717, 1.165) is 25.2 Å². The van der Waals surface area contributed by atoms with Crippen LogP contribution in [0.4, 0.5) is 10.5 Å². The topological polar surface area (TPSA) is 53.2 Å². The van der Waals surface area contributed by atoms with Crippen molar-refractivity contribution in [2.75, 3.05) is 18.4 Å². The minimum atomic E-state index is -0.120. The predicted octanol–water partition coefficient (Wildman–Crippen LogP) is 1.95. The van der Waals surface area contributed by atoms with Crippen LogP contribution in [-0.2, 0) is 0 Å². The highest BCUT2D eigenvalue weighted by atomic mass is 16.2. The van der Waals surface area contributed by atoms with Gasteiger partial charge in [-0.15, -0.1) is 0 Å². The smallest absolute Gasteiger partial charge is 0.319 e. The summed E-state index contributed by atoms with van der Waals surface area (Å²) in [5, 5.41) is 9.15. The molecule has 0 aromatic heterocycles. The number of rotatable bonds is 2. The van der Waals surface area contributed by atoms with E-state index >= 15 is 0 Å². The van der Waals surface area contributed by atoms with Gasteiger partial charge in [-0.2, -0.15) is 0 Å². The first-order valence-corrected chi connectivity index (χ1v) is 6.18. The van der Waals surface area contributed by atoms with E-state index in [1.807, 2.05) is 30.3 Å². The molecule has 1 saturated heterocycles. The molecule has 2 amide bonds. The summed E-state index contributed by atoms with van der Waals surface area (Å²) in [5.74, 6) is 0. The molecule has 1 atom stereocenters. The minimum absolute atomic E-state index is 0.120. The molecule has 1 unspecified atom stereocenters. The standard InChI is InChI=1S/C13H19N3O/c17-13(15-11-6-2-1-3-7-11)16-12-8-4-5-9-14-10-12/h1-3,6-7,12,14H,4-5,8-10H2,(H2,15,16,17). The maximum atomic E-state index is 11.7. The van der Waals surface area contributed by atoms with Crippen molar-refractivity contribution < 1.29 is 4.79 Å². The van der Waals surface area contributed by atoms with E-state index in [2.05, 4.69) is 16.0 Å². The van der Waals surface area contributed by atoms with Gasteiger partial charge >= 0.3 is 6.03 Å². The zero-order chi connectivity index (χ0) is 11.9. The number of carbonyl (C=O) groups is 1. The summed E-state index contributed by atoms with van der Waals surface area (Å²) in [6, 6.07) is 9.62. The Balaban J connectivity index is 1.80. The van der Waals surface area contributed by atoms with Crippen LogP contribution in [0.2, 0.25) is 0 Å². The van der Waals surface area contributed by atoms with Crippen LogP contribution in [0.5, 0.6) is 0 Å². The Morgan fingerprint density at radius 1 is 1.24 bits per heavy atom. The van der Waals surface area contributed by atoms with Gasteiger partial charge in [-0.05, 0) is 31.5 Å². The van der Waals surface area contributed by atoms with E-state index in [-0.39, 0.29) is 12.1 Å². The normalized spacial score (nSPS) is 20.4. The van der Waals surface area contributed by atoms with Gasteiger partial charge in [0.05, 0.1) is 0 Å². The van der Waals surface area contributed by atoms with Gasteiger partial charge in [0.15, 0.2) is 0 Å². The minimum Gasteiger partial charge on any atom is -0.334 e. The second-order valence-corrected chi connectivity index (χ2v) is 4.36. The van der Waals surface area contributed by atoms with Crippen LogP contribution in [0.25, 0.3) is 0 Å². The Morgan fingerprint density at radius 2 is 2.06 bits per heavy atom. The van der Waals surface area contributed by atoms with E-state index in [4.69, 9.17) is 0 Å². The number of hydrogen-bond acceptors (Lipinski definition) is 2. The van der Waals surface area contributed by atoms with E-state index in [1.165, 1.54) is 12.8 Å². The monoisotopic (exact) mass is 233 g/mol. The second-order valence-electron chi connectivity index (χ2n) is 4.36. The van der Waals surface area contributed by atoms with Gasteiger partial charge in [-0.1, -0.05) is 24.6 Å². The first-order valence-electron chi connectivity index (χ1n) is 6.18. The summed E-state index contributed by atoms with van der Waals surface area (Å²) in [4.78, 5) is 11.7. The second kappa shape index (κ2) is 6.25. The number of urea groups is 1.